The van der Waals surface area contributed by atoms with Crippen LogP contribution in [0.25, 0.3) is 11.1 Å². The number of rotatable bonds is 7. The summed E-state index contributed by atoms with van der Waals surface area (Å²) in [4.78, 5) is 22.1. The first-order chi connectivity index (χ1) is 14.0. The molecule has 0 saturated carbocycles. The fraction of sp³-hybridized carbons (Fsp3) is 0.0476. The van der Waals surface area contributed by atoms with Crippen molar-refractivity contribution >= 4 is 29.4 Å². The number of nitro groups is 1. The zero-order valence-corrected chi connectivity index (χ0v) is 15.9. The van der Waals surface area contributed by atoms with E-state index in [0.717, 1.165) is 11.1 Å². The number of non-ortho nitro benzene ring substituents is 1. The van der Waals surface area contributed by atoms with E-state index in [-0.39, 0.29) is 17.3 Å². The molecule has 0 spiro atoms. The van der Waals surface area contributed by atoms with Crippen molar-refractivity contribution in [3.05, 3.63) is 93.5 Å². The third kappa shape index (κ3) is 5.63. The first-order valence-electron chi connectivity index (χ1n) is 8.57. The highest BCUT2D eigenvalue weighted by atomic mass is 35.5. The normalized spacial score (nSPS) is 10.7. The Bertz CT molecular complexity index is 1040. The molecule has 1 amide bonds. The van der Waals surface area contributed by atoms with Crippen molar-refractivity contribution in [1.29, 1.82) is 0 Å². The second kappa shape index (κ2) is 9.48. The molecule has 146 valence electrons. The van der Waals surface area contributed by atoms with Crippen LogP contribution in [0, 0.1) is 10.1 Å². The predicted octanol–water partition coefficient (Wildman–Crippen LogP) is 4.44. The lowest BCUT2D eigenvalue weighted by Crippen LogP contribution is -2.24. The van der Waals surface area contributed by atoms with Crippen LogP contribution in [-0.2, 0) is 4.79 Å². The number of ether oxygens (including phenoxy) is 1. The van der Waals surface area contributed by atoms with Gasteiger partial charge in [0.05, 0.1) is 11.1 Å². The van der Waals surface area contributed by atoms with E-state index in [9.17, 15) is 14.9 Å². The predicted molar refractivity (Wildman–Crippen MR) is 111 cm³/mol. The molecule has 7 nitrogen and oxygen atoms in total. The molecule has 0 heterocycles. The molecular weight excluding hydrogens is 394 g/mol. The van der Waals surface area contributed by atoms with Crippen LogP contribution in [0.15, 0.2) is 77.9 Å². The lowest BCUT2D eigenvalue weighted by Gasteiger charge is -2.06. The van der Waals surface area contributed by atoms with Gasteiger partial charge in [0, 0.05) is 22.7 Å². The van der Waals surface area contributed by atoms with Crippen LogP contribution < -0.4 is 10.2 Å². The van der Waals surface area contributed by atoms with Gasteiger partial charge in [-0.15, -0.1) is 0 Å². The topological polar surface area (TPSA) is 93.8 Å². The zero-order chi connectivity index (χ0) is 20.6. The third-order valence-electron chi connectivity index (χ3n) is 3.91. The van der Waals surface area contributed by atoms with Crippen LogP contribution in [0.5, 0.6) is 5.75 Å². The van der Waals surface area contributed by atoms with E-state index in [1.165, 1.54) is 24.4 Å². The first-order valence-corrected chi connectivity index (χ1v) is 8.95. The monoisotopic (exact) mass is 409 g/mol. The number of halogens is 1. The number of nitro benzene ring substituents is 1. The molecule has 3 rings (SSSR count). The molecule has 0 atom stereocenters. The van der Waals surface area contributed by atoms with Gasteiger partial charge < -0.3 is 4.74 Å². The highest BCUT2D eigenvalue weighted by Crippen LogP contribution is 2.22. The van der Waals surface area contributed by atoms with Crippen molar-refractivity contribution in [2.75, 3.05) is 6.61 Å². The molecule has 0 aliphatic rings. The summed E-state index contributed by atoms with van der Waals surface area (Å²) in [5.74, 6) is 0.0699. The molecule has 3 aromatic carbocycles. The summed E-state index contributed by atoms with van der Waals surface area (Å²) in [6, 6.07) is 21.2. The molecule has 0 unspecified atom stereocenters. The van der Waals surface area contributed by atoms with E-state index in [4.69, 9.17) is 16.3 Å². The number of hydrazone groups is 1. The standard InChI is InChI=1S/C21H16ClN3O4/c22-20-11-8-18(25(27)28)12-17(20)13-23-24-21(26)14-29-19-9-6-16(7-10-19)15-4-2-1-3-5-15/h1-13H,14H2,(H,24,26)/b23-13-. The number of nitrogens with zero attached hydrogens (tertiary/aromatic N) is 2. The summed E-state index contributed by atoms with van der Waals surface area (Å²) < 4.78 is 5.43. The van der Waals surface area contributed by atoms with Crippen LogP contribution in [-0.4, -0.2) is 23.7 Å². The number of hydrogen-bond donors (Lipinski definition) is 1. The van der Waals surface area contributed by atoms with Crippen LogP contribution in [0.3, 0.4) is 0 Å². The highest BCUT2D eigenvalue weighted by Gasteiger charge is 2.08. The fourth-order valence-electron chi connectivity index (χ4n) is 2.47. The van der Waals surface area contributed by atoms with E-state index < -0.39 is 10.8 Å². The third-order valence-corrected chi connectivity index (χ3v) is 4.26. The maximum atomic E-state index is 11.9. The Morgan fingerprint density at radius 1 is 1.07 bits per heavy atom. The Kier molecular flexibility index (Phi) is 6.55. The second-order valence-corrected chi connectivity index (χ2v) is 6.34. The van der Waals surface area contributed by atoms with E-state index in [0.29, 0.717) is 11.3 Å². The lowest BCUT2D eigenvalue weighted by molar-refractivity contribution is -0.384. The van der Waals surface area contributed by atoms with E-state index in [1.54, 1.807) is 12.1 Å². The van der Waals surface area contributed by atoms with Crippen molar-refractivity contribution in [2.45, 2.75) is 0 Å². The molecule has 1 N–H and O–H groups in total. The van der Waals surface area contributed by atoms with Gasteiger partial charge >= 0.3 is 0 Å². The molecule has 0 saturated heterocycles. The molecule has 0 radical (unpaired) electrons. The Morgan fingerprint density at radius 2 is 1.76 bits per heavy atom. The van der Waals surface area contributed by atoms with Gasteiger partial charge in [0.15, 0.2) is 6.61 Å². The number of amides is 1. The Hall–Kier alpha value is -3.71. The Morgan fingerprint density at radius 3 is 2.45 bits per heavy atom. The number of carbonyl (C=O) groups excluding carboxylic acids is 1. The van der Waals surface area contributed by atoms with Crippen molar-refractivity contribution in [3.8, 4) is 16.9 Å². The molecular formula is C21H16ClN3O4. The fourth-order valence-corrected chi connectivity index (χ4v) is 2.64. The minimum absolute atomic E-state index is 0.121. The summed E-state index contributed by atoms with van der Waals surface area (Å²) in [6.45, 7) is -0.231. The molecule has 0 aromatic heterocycles. The first kappa shape index (κ1) is 20.0. The minimum Gasteiger partial charge on any atom is -0.484 e. The maximum absolute atomic E-state index is 11.9. The van der Waals surface area contributed by atoms with Crippen molar-refractivity contribution < 1.29 is 14.5 Å². The van der Waals surface area contributed by atoms with Gasteiger partial charge in [-0.2, -0.15) is 5.10 Å². The van der Waals surface area contributed by atoms with Crippen LogP contribution in [0.2, 0.25) is 5.02 Å². The molecule has 0 aliphatic heterocycles. The van der Waals surface area contributed by atoms with Gasteiger partial charge in [-0.05, 0) is 29.3 Å². The molecule has 0 aliphatic carbocycles. The highest BCUT2D eigenvalue weighted by molar-refractivity contribution is 6.33. The van der Waals surface area contributed by atoms with Crippen LogP contribution in [0.4, 0.5) is 5.69 Å². The largest absolute Gasteiger partial charge is 0.484 e. The Balaban J connectivity index is 1.52. The Labute approximate surface area is 171 Å². The van der Waals surface area contributed by atoms with Gasteiger partial charge in [-0.1, -0.05) is 54.1 Å². The number of benzene rings is 3. The van der Waals surface area contributed by atoms with Gasteiger partial charge in [0.25, 0.3) is 11.6 Å². The summed E-state index contributed by atoms with van der Waals surface area (Å²) in [6.07, 6.45) is 1.24. The van der Waals surface area contributed by atoms with Gasteiger partial charge in [0.1, 0.15) is 5.75 Å². The summed E-state index contributed by atoms with van der Waals surface area (Å²) in [5.41, 5.74) is 4.62. The van der Waals surface area contributed by atoms with Gasteiger partial charge in [0.2, 0.25) is 0 Å². The average Bonchev–Trinajstić information content (AvgIpc) is 2.74. The summed E-state index contributed by atoms with van der Waals surface area (Å²) in [5, 5.41) is 14.8. The van der Waals surface area contributed by atoms with E-state index >= 15 is 0 Å². The van der Waals surface area contributed by atoms with Crippen LogP contribution >= 0.6 is 11.6 Å². The molecule has 8 heteroatoms. The van der Waals surface area contributed by atoms with E-state index in [1.807, 2.05) is 42.5 Å². The maximum Gasteiger partial charge on any atom is 0.277 e. The molecule has 29 heavy (non-hydrogen) atoms. The van der Waals surface area contributed by atoms with Crippen molar-refractivity contribution in [1.82, 2.24) is 5.43 Å². The number of nitrogens with one attached hydrogen (secondary N) is 1. The average molecular weight is 410 g/mol. The van der Waals surface area contributed by atoms with E-state index in [2.05, 4.69) is 10.5 Å². The molecule has 0 fully saturated rings. The summed E-state index contributed by atoms with van der Waals surface area (Å²) in [7, 11) is 0. The molecule has 0 bridgehead atoms. The summed E-state index contributed by atoms with van der Waals surface area (Å²) >= 11 is 5.96. The quantitative estimate of drug-likeness (QED) is 0.354. The SMILES string of the molecule is O=C(COc1ccc(-c2ccccc2)cc1)N/N=C\c1cc([N+](=O)[O-])ccc1Cl. The number of hydrogen-bond acceptors (Lipinski definition) is 5. The lowest BCUT2D eigenvalue weighted by atomic mass is 10.1. The second-order valence-electron chi connectivity index (χ2n) is 5.94. The smallest absolute Gasteiger partial charge is 0.277 e. The van der Waals surface area contributed by atoms with Crippen molar-refractivity contribution in [3.63, 3.8) is 0 Å². The van der Waals surface area contributed by atoms with Gasteiger partial charge in [-0.3, -0.25) is 14.9 Å². The molecule has 3 aromatic rings. The van der Waals surface area contributed by atoms with Crippen molar-refractivity contribution in [2.24, 2.45) is 5.10 Å². The minimum atomic E-state index is -0.539. The zero-order valence-electron chi connectivity index (χ0n) is 15.1. The van der Waals surface area contributed by atoms with Gasteiger partial charge in [-0.25, -0.2) is 5.43 Å². The van der Waals surface area contributed by atoms with Crippen LogP contribution in [0.1, 0.15) is 5.56 Å². The number of carbonyl (C=O) groups is 1.